The molecular formula is C21H24ClNO4. The first kappa shape index (κ1) is 19.4. The molecule has 2 aromatic carbocycles. The second kappa shape index (κ2) is 7.69. The van der Waals surface area contributed by atoms with E-state index in [9.17, 15) is 4.79 Å². The van der Waals surface area contributed by atoms with Crippen LogP contribution in [-0.4, -0.2) is 24.7 Å². The minimum absolute atomic E-state index is 0.205. The van der Waals surface area contributed by atoms with E-state index in [1.807, 2.05) is 44.2 Å². The van der Waals surface area contributed by atoms with Crippen molar-refractivity contribution >= 4 is 17.5 Å². The van der Waals surface area contributed by atoms with Crippen LogP contribution in [0.1, 0.15) is 38.8 Å². The van der Waals surface area contributed by atoms with Crippen molar-refractivity contribution in [2.24, 2.45) is 0 Å². The van der Waals surface area contributed by atoms with Crippen LogP contribution in [0.25, 0.3) is 0 Å². The zero-order valence-electron chi connectivity index (χ0n) is 15.9. The second-order valence-corrected chi connectivity index (χ2v) is 7.63. The Morgan fingerprint density at radius 3 is 2.74 bits per heavy atom. The topological polar surface area (TPSA) is 56.8 Å². The van der Waals surface area contributed by atoms with Gasteiger partial charge < -0.3 is 19.5 Å². The molecule has 3 rings (SSSR count). The van der Waals surface area contributed by atoms with Gasteiger partial charge in [-0.05, 0) is 51.1 Å². The van der Waals surface area contributed by atoms with Crippen molar-refractivity contribution in [1.29, 1.82) is 0 Å². The Hall–Kier alpha value is -2.40. The van der Waals surface area contributed by atoms with E-state index in [0.717, 1.165) is 17.1 Å². The molecule has 2 aromatic rings. The first-order chi connectivity index (χ1) is 12.8. The van der Waals surface area contributed by atoms with Crippen molar-refractivity contribution in [2.45, 2.75) is 44.9 Å². The van der Waals surface area contributed by atoms with Crippen LogP contribution in [0.3, 0.4) is 0 Å². The van der Waals surface area contributed by atoms with E-state index in [2.05, 4.69) is 5.32 Å². The summed E-state index contributed by atoms with van der Waals surface area (Å²) in [5.74, 6) is 1.73. The Kier molecular flexibility index (Phi) is 5.51. The van der Waals surface area contributed by atoms with E-state index in [-0.39, 0.29) is 11.9 Å². The monoisotopic (exact) mass is 389 g/mol. The van der Waals surface area contributed by atoms with E-state index in [4.69, 9.17) is 25.8 Å². The number of nitrogens with one attached hydrogen (secondary N) is 1. The van der Waals surface area contributed by atoms with Crippen molar-refractivity contribution in [3.05, 3.63) is 53.1 Å². The van der Waals surface area contributed by atoms with Crippen LogP contribution >= 0.6 is 11.6 Å². The number of carbonyl (C=O) groups is 1. The van der Waals surface area contributed by atoms with Gasteiger partial charge in [0.15, 0.2) is 6.10 Å². The molecule has 0 aliphatic carbocycles. The Balaban J connectivity index is 1.78. The van der Waals surface area contributed by atoms with Gasteiger partial charge in [-0.3, -0.25) is 4.79 Å². The number of para-hydroxylation sites is 1. The van der Waals surface area contributed by atoms with Gasteiger partial charge >= 0.3 is 0 Å². The minimum Gasteiger partial charge on any atom is -0.497 e. The van der Waals surface area contributed by atoms with Crippen molar-refractivity contribution in [2.75, 3.05) is 7.11 Å². The molecular weight excluding hydrogens is 366 g/mol. The molecule has 0 saturated heterocycles. The number of benzene rings is 2. The van der Waals surface area contributed by atoms with Crippen LogP contribution in [-0.2, 0) is 4.79 Å². The summed E-state index contributed by atoms with van der Waals surface area (Å²) in [6, 6.07) is 12.5. The molecule has 0 fully saturated rings. The molecule has 1 amide bonds. The maximum absolute atomic E-state index is 12.8. The maximum atomic E-state index is 12.8. The first-order valence-electron chi connectivity index (χ1n) is 8.87. The summed E-state index contributed by atoms with van der Waals surface area (Å²) in [5.41, 5.74) is 0.499. The molecule has 1 aliphatic rings. The molecule has 0 saturated carbocycles. The third kappa shape index (κ3) is 4.48. The number of methoxy groups -OCH3 is 1. The van der Waals surface area contributed by atoms with E-state index >= 15 is 0 Å². The summed E-state index contributed by atoms with van der Waals surface area (Å²) in [4.78, 5) is 12.8. The van der Waals surface area contributed by atoms with Crippen LogP contribution in [0.15, 0.2) is 42.5 Å². The SMILES string of the molecule is COc1ccc2c(c1)[C@@H](NC(=O)[C@H](C)Oc1ccccc1Cl)CC(C)(C)O2. The van der Waals surface area contributed by atoms with Gasteiger partial charge in [-0.25, -0.2) is 0 Å². The van der Waals surface area contributed by atoms with Crippen molar-refractivity contribution in [3.63, 3.8) is 0 Å². The third-order valence-corrected chi connectivity index (χ3v) is 4.81. The van der Waals surface area contributed by atoms with Gasteiger partial charge in [-0.2, -0.15) is 0 Å². The van der Waals surface area contributed by atoms with Crippen molar-refractivity contribution in [1.82, 2.24) is 5.32 Å². The van der Waals surface area contributed by atoms with E-state index in [0.29, 0.717) is 17.2 Å². The predicted octanol–water partition coefficient (Wildman–Crippen LogP) is 4.53. The number of hydrogen-bond donors (Lipinski definition) is 1. The van der Waals surface area contributed by atoms with Gasteiger partial charge in [-0.15, -0.1) is 0 Å². The van der Waals surface area contributed by atoms with Crippen LogP contribution in [0.5, 0.6) is 17.2 Å². The van der Waals surface area contributed by atoms with Crippen LogP contribution < -0.4 is 19.5 Å². The van der Waals surface area contributed by atoms with Gasteiger partial charge in [0.25, 0.3) is 5.91 Å². The molecule has 2 atom stereocenters. The molecule has 0 bridgehead atoms. The lowest BCUT2D eigenvalue weighted by Crippen LogP contribution is -2.44. The zero-order valence-corrected chi connectivity index (χ0v) is 16.7. The number of ether oxygens (including phenoxy) is 3. The number of rotatable bonds is 5. The Labute approximate surface area is 164 Å². The Morgan fingerprint density at radius 2 is 2.04 bits per heavy atom. The molecule has 6 heteroatoms. The summed E-state index contributed by atoms with van der Waals surface area (Å²) in [7, 11) is 1.61. The quantitative estimate of drug-likeness (QED) is 0.815. The summed E-state index contributed by atoms with van der Waals surface area (Å²) < 4.78 is 17.1. The average Bonchev–Trinajstić information content (AvgIpc) is 2.62. The summed E-state index contributed by atoms with van der Waals surface area (Å²) in [6.45, 7) is 5.71. The number of halogens is 1. The highest BCUT2D eigenvalue weighted by Crippen LogP contribution is 2.41. The van der Waals surface area contributed by atoms with Gasteiger partial charge in [0, 0.05) is 12.0 Å². The summed E-state index contributed by atoms with van der Waals surface area (Å²) in [6.07, 6.45) is -0.0533. The molecule has 144 valence electrons. The average molecular weight is 390 g/mol. The predicted molar refractivity (Wildman–Crippen MR) is 105 cm³/mol. The number of fused-ring (bicyclic) bond motifs is 1. The molecule has 0 aromatic heterocycles. The lowest BCUT2D eigenvalue weighted by Gasteiger charge is -2.38. The third-order valence-electron chi connectivity index (χ3n) is 4.50. The highest BCUT2D eigenvalue weighted by Gasteiger charge is 2.35. The smallest absolute Gasteiger partial charge is 0.261 e. The molecule has 0 spiro atoms. The largest absolute Gasteiger partial charge is 0.497 e. The highest BCUT2D eigenvalue weighted by atomic mass is 35.5. The number of amides is 1. The lowest BCUT2D eigenvalue weighted by atomic mass is 9.89. The number of carbonyl (C=O) groups excluding carboxylic acids is 1. The van der Waals surface area contributed by atoms with Gasteiger partial charge in [0.2, 0.25) is 0 Å². The molecule has 1 N–H and O–H groups in total. The summed E-state index contributed by atoms with van der Waals surface area (Å²) >= 11 is 6.12. The fourth-order valence-corrected chi connectivity index (χ4v) is 3.34. The number of hydrogen-bond acceptors (Lipinski definition) is 4. The van der Waals surface area contributed by atoms with Crippen LogP contribution in [0, 0.1) is 0 Å². The molecule has 1 heterocycles. The van der Waals surface area contributed by atoms with Crippen LogP contribution in [0.4, 0.5) is 0 Å². The first-order valence-corrected chi connectivity index (χ1v) is 9.25. The molecule has 27 heavy (non-hydrogen) atoms. The normalized spacial score (nSPS) is 18.6. The van der Waals surface area contributed by atoms with E-state index in [1.54, 1.807) is 26.2 Å². The van der Waals surface area contributed by atoms with E-state index < -0.39 is 11.7 Å². The van der Waals surface area contributed by atoms with Crippen LogP contribution in [0.2, 0.25) is 5.02 Å². The van der Waals surface area contributed by atoms with Crippen molar-refractivity contribution in [3.8, 4) is 17.2 Å². The van der Waals surface area contributed by atoms with Gasteiger partial charge in [0.05, 0.1) is 18.2 Å². The lowest BCUT2D eigenvalue weighted by molar-refractivity contribution is -0.128. The standard InChI is InChI=1S/C21H24ClNO4/c1-13(26-19-8-6-5-7-16(19)22)20(24)23-17-12-21(2,3)27-18-10-9-14(25-4)11-15(17)18/h5-11,13,17H,12H2,1-4H3,(H,23,24)/t13-,17-/m0/s1. The van der Waals surface area contributed by atoms with Crippen molar-refractivity contribution < 1.29 is 19.0 Å². The highest BCUT2D eigenvalue weighted by molar-refractivity contribution is 6.32. The van der Waals surface area contributed by atoms with Gasteiger partial charge in [-0.1, -0.05) is 23.7 Å². The molecule has 0 unspecified atom stereocenters. The minimum atomic E-state index is -0.690. The molecule has 0 radical (unpaired) electrons. The molecule has 1 aliphatic heterocycles. The fourth-order valence-electron chi connectivity index (χ4n) is 3.16. The summed E-state index contributed by atoms with van der Waals surface area (Å²) in [5, 5.41) is 3.55. The zero-order chi connectivity index (χ0) is 19.6. The molecule has 5 nitrogen and oxygen atoms in total. The fraction of sp³-hybridized carbons (Fsp3) is 0.381. The van der Waals surface area contributed by atoms with E-state index in [1.165, 1.54) is 0 Å². The van der Waals surface area contributed by atoms with Gasteiger partial charge in [0.1, 0.15) is 22.8 Å². The second-order valence-electron chi connectivity index (χ2n) is 7.22. The maximum Gasteiger partial charge on any atom is 0.261 e. The Bertz CT molecular complexity index is 837. The Morgan fingerprint density at radius 1 is 1.30 bits per heavy atom.